The number of nitrogens with zero attached hydrogens (tertiary/aromatic N) is 2. The molecular weight excluding hydrogens is 316 g/mol. The first-order chi connectivity index (χ1) is 11.1. The van der Waals surface area contributed by atoms with E-state index in [0.717, 1.165) is 11.3 Å². The molecule has 0 unspecified atom stereocenters. The van der Waals surface area contributed by atoms with Crippen LogP contribution in [0.3, 0.4) is 0 Å². The Morgan fingerprint density at radius 2 is 2.04 bits per heavy atom. The van der Waals surface area contributed by atoms with Gasteiger partial charge in [-0.25, -0.2) is 0 Å². The number of halogens is 1. The molecule has 5 nitrogen and oxygen atoms in total. The van der Waals surface area contributed by atoms with Gasteiger partial charge in [0.15, 0.2) is 5.69 Å². The summed E-state index contributed by atoms with van der Waals surface area (Å²) < 4.78 is 7.24. The number of fused-ring (bicyclic) bond motifs is 1. The second-order valence-electron chi connectivity index (χ2n) is 5.22. The van der Waals surface area contributed by atoms with Crippen LogP contribution in [-0.2, 0) is 6.54 Å². The predicted molar refractivity (Wildman–Crippen MR) is 90.7 cm³/mol. The van der Waals surface area contributed by atoms with Gasteiger partial charge in [-0.15, -0.1) is 4.91 Å². The molecule has 0 aliphatic heterocycles. The van der Waals surface area contributed by atoms with Crippen molar-refractivity contribution < 1.29 is 9.84 Å². The minimum absolute atomic E-state index is 0.00180. The van der Waals surface area contributed by atoms with E-state index in [0.29, 0.717) is 29.1 Å². The molecule has 0 amide bonds. The lowest BCUT2D eigenvalue weighted by Gasteiger charge is -2.10. The van der Waals surface area contributed by atoms with Crippen molar-refractivity contribution in [3.05, 3.63) is 58.0 Å². The Labute approximate surface area is 138 Å². The molecule has 0 saturated heterocycles. The van der Waals surface area contributed by atoms with Crippen LogP contribution in [0.25, 0.3) is 10.9 Å². The second-order valence-corrected chi connectivity index (χ2v) is 5.62. The number of para-hydroxylation sites is 1. The van der Waals surface area contributed by atoms with Crippen LogP contribution in [0, 0.1) is 11.8 Å². The topological polar surface area (TPSA) is 63.8 Å². The highest BCUT2D eigenvalue weighted by Gasteiger charge is 2.19. The molecule has 0 spiro atoms. The van der Waals surface area contributed by atoms with Gasteiger partial charge in [0.2, 0.25) is 5.88 Å². The van der Waals surface area contributed by atoms with Crippen molar-refractivity contribution >= 4 is 28.2 Å². The Morgan fingerprint density at radius 1 is 1.26 bits per heavy atom. The molecule has 118 valence electrons. The smallest absolute Gasteiger partial charge is 0.222 e. The number of hydrogen-bond donors (Lipinski definition) is 1. The SMILES string of the molecule is Cc1cccc(OCCn2c(O)c(N=O)c3cccc(Cl)c32)c1. The van der Waals surface area contributed by atoms with Gasteiger partial charge in [-0.05, 0) is 35.9 Å². The third-order valence-electron chi connectivity index (χ3n) is 3.64. The summed E-state index contributed by atoms with van der Waals surface area (Å²) in [5.74, 6) is 0.553. The molecule has 6 heteroatoms. The van der Waals surface area contributed by atoms with E-state index in [1.807, 2.05) is 31.2 Å². The predicted octanol–water partition coefficient (Wildman–Crippen LogP) is 4.79. The fraction of sp³-hybridized carbons (Fsp3) is 0.176. The van der Waals surface area contributed by atoms with Crippen LogP contribution in [0.5, 0.6) is 11.6 Å². The number of rotatable bonds is 5. The third-order valence-corrected chi connectivity index (χ3v) is 3.95. The fourth-order valence-corrected chi connectivity index (χ4v) is 2.88. The Balaban J connectivity index is 1.88. The molecule has 2 aromatic carbocycles. The summed E-state index contributed by atoms with van der Waals surface area (Å²) in [5.41, 5.74) is 1.68. The lowest BCUT2D eigenvalue weighted by atomic mass is 10.2. The average molecular weight is 331 g/mol. The van der Waals surface area contributed by atoms with E-state index in [1.165, 1.54) is 0 Å². The normalized spacial score (nSPS) is 10.9. The molecule has 0 radical (unpaired) electrons. The molecule has 1 N–H and O–H groups in total. The van der Waals surface area contributed by atoms with Gasteiger partial charge in [-0.2, -0.15) is 0 Å². The number of aryl methyl sites for hydroxylation is 1. The summed E-state index contributed by atoms with van der Waals surface area (Å²) in [4.78, 5) is 11.0. The molecule has 0 atom stereocenters. The molecule has 3 rings (SSSR count). The number of aromatic nitrogens is 1. The zero-order valence-electron chi connectivity index (χ0n) is 12.5. The number of ether oxygens (including phenoxy) is 1. The van der Waals surface area contributed by atoms with Gasteiger partial charge in [0.1, 0.15) is 12.4 Å². The second kappa shape index (κ2) is 6.30. The minimum Gasteiger partial charge on any atom is -0.493 e. The largest absolute Gasteiger partial charge is 0.493 e. The van der Waals surface area contributed by atoms with E-state index in [-0.39, 0.29) is 11.6 Å². The van der Waals surface area contributed by atoms with Gasteiger partial charge in [0.25, 0.3) is 0 Å². The zero-order chi connectivity index (χ0) is 16.4. The Morgan fingerprint density at radius 3 is 2.78 bits per heavy atom. The van der Waals surface area contributed by atoms with Crippen molar-refractivity contribution in [2.45, 2.75) is 13.5 Å². The summed E-state index contributed by atoms with van der Waals surface area (Å²) in [6, 6.07) is 12.8. The molecule has 23 heavy (non-hydrogen) atoms. The minimum atomic E-state index is -0.198. The Kier molecular flexibility index (Phi) is 4.21. The highest BCUT2D eigenvalue weighted by molar-refractivity contribution is 6.35. The average Bonchev–Trinajstić information content (AvgIpc) is 2.80. The third kappa shape index (κ3) is 2.87. The number of hydrogen-bond acceptors (Lipinski definition) is 4. The van der Waals surface area contributed by atoms with Crippen LogP contribution in [0.15, 0.2) is 47.6 Å². The van der Waals surface area contributed by atoms with Gasteiger partial charge in [0, 0.05) is 5.39 Å². The van der Waals surface area contributed by atoms with Gasteiger partial charge >= 0.3 is 0 Å². The van der Waals surface area contributed by atoms with E-state index >= 15 is 0 Å². The molecule has 0 aliphatic rings. The summed E-state index contributed by atoms with van der Waals surface area (Å²) in [6.45, 7) is 2.65. The highest BCUT2D eigenvalue weighted by atomic mass is 35.5. The molecule has 0 bridgehead atoms. The Hall–Kier alpha value is -2.53. The molecule has 0 aliphatic carbocycles. The molecule has 0 saturated carbocycles. The van der Waals surface area contributed by atoms with Crippen molar-refractivity contribution in [1.29, 1.82) is 0 Å². The van der Waals surface area contributed by atoms with Crippen LogP contribution in [0.4, 0.5) is 5.69 Å². The first kappa shape index (κ1) is 15.4. The van der Waals surface area contributed by atoms with Gasteiger partial charge < -0.3 is 14.4 Å². The first-order valence-electron chi connectivity index (χ1n) is 7.14. The first-order valence-corrected chi connectivity index (χ1v) is 7.52. The lowest BCUT2D eigenvalue weighted by Crippen LogP contribution is -2.08. The van der Waals surface area contributed by atoms with E-state index in [1.54, 1.807) is 22.8 Å². The van der Waals surface area contributed by atoms with E-state index in [2.05, 4.69) is 5.18 Å². The maximum Gasteiger partial charge on any atom is 0.222 e. The molecule has 1 heterocycles. The standard InChI is InChI=1S/C17H15ClN2O3/c1-11-4-2-5-12(10-11)23-9-8-20-16-13(6-3-7-14(16)18)15(19-22)17(20)21/h2-7,10,21H,8-9H2,1H3. The van der Waals surface area contributed by atoms with Crippen LogP contribution in [0.2, 0.25) is 5.02 Å². The number of benzene rings is 2. The maximum atomic E-state index is 11.0. The number of aromatic hydroxyl groups is 1. The van der Waals surface area contributed by atoms with Crippen molar-refractivity contribution in [3.8, 4) is 11.6 Å². The van der Waals surface area contributed by atoms with E-state index < -0.39 is 0 Å². The van der Waals surface area contributed by atoms with Gasteiger partial charge in [0.05, 0.1) is 17.1 Å². The molecular formula is C17H15ClN2O3. The summed E-state index contributed by atoms with van der Waals surface area (Å²) in [5, 5.41) is 14.1. The molecule has 3 aromatic rings. The van der Waals surface area contributed by atoms with Crippen LogP contribution < -0.4 is 4.74 Å². The van der Waals surface area contributed by atoms with Crippen molar-refractivity contribution in [2.24, 2.45) is 5.18 Å². The van der Waals surface area contributed by atoms with Crippen molar-refractivity contribution in [2.75, 3.05) is 6.61 Å². The number of nitroso groups, excluding NO2 is 1. The summed E-state index contributed by atoms with van der Waals surface area (Å²) in [6.07, 6.45) is 0. The molecule has 0 fully saturated rings. The van der Waals surface area contributed by atoms with Gasteiger partial charge in [-0.3, -0.25) is 0 Å². The van der Waals surface area contributed by atoms with Crippen LogP contribution in [-0.4, -0.2) is 16.3 Å². The van der Waals surface area contributed by atoms with Crippen LogP contribution in [0.1, 0.15) is 5.56 Å². The monoisotopic (exact) mass is 330 g/mol. The van der Waals surface area contributed by atoms with Crippen molar-refractivity contribution in [1.82, 2.24) is 4.57 Å². The molecule has 1 aromatic heterocycles. The van der Waals surface area contributed by atoms with Crippen LogP contribution >= 0.6 is 11.6 Å². The summed E-state index contributed by atoms with van der Waals surface area (Å²) >= 11 is 6.20. The zero-order valence-corrected chi connectivity index (χ0v) is 13.2. The van der Waals surface area contributed by atoms with Gasteiger partial charge in [-0.1, -0.05) is 35.9 Å². The highest BCUT2D eigenvalue weighted by Crippen LogP contribution is 2.41. The maximum absolute atomic E-state index is 11.0. The fourth-order valence-electron chi connectivity index (χ4n) is 2.60. The lowest BCUT2D eigenvalue weighted by molar-refractivity contribution is 0.290. The Bertz CT molecular complexity index is 874. The van der Waals surface area contributed by atoms with E-state index in [9.17, 15) is 10.0 Å². The van der Waals surface area contributed by atoms with Crippen molar-refractivity contribution in [3.63, 3.8) is 0 Å². The quantitative estimate of drug-likeness (QED) is 0.684. The van der Waals surface area contributed by atoms with E-state index in [4.69, 9.17) is 16.3 Å². The summed E-state index contributed by atoms with van der Waals surface area (Å²) in [7, 11) is 0.